The van der Waals surface area contributed by atoms with E-state index in [1.54, 1.807) is 14.0 Å². The van der Waals surface area contributed by atoms with E-state index in [9.17, 15) is 14.4 Å². The summed E-state index contributed by atoms with van der Waals surface area (Å²) in [6.07, 6.45) is 1.03. The zero-order valence-corrected chi connectivity index (χ0v) is 13.5. The van der Waals surface area contributed by atoms with Gasteiger partial charge in [0.05, 0.1) is 0 Å². The molecular weight excluding hydrogens is 282 g/mol. The lowest BCUT2D eigenvalue weighted by molar-refractivity contribution is 0.0746. The Morgan fingerprint density at radius 1 is 1.41 bits per heavy atom. The Morgan fingerprint density at radius 2 is 2.05 bits per heavy atom. The molecule has 120 valence electrons. The third kappa shape index (κ3) is 2.97. The van der Waals surface area contributed by atoms with Gasteiger partial charge in [0.1, 0.15) is 5.56 Å². The molecule has 1 heterocycles. The zero-order chi connectivity index (χ0) is 16.7. The van der Waals surface area contributed by atoms with E-state index >= 15 is 0 Å². The molecule has 1 aromatic heterocycles. The van der Waals surface area contributed by atoms with Crippen molar-refractivity contribution in [1.29, 1.82) is 0 Å². The Hall–Kier alpha value is -1.95. The van der Waals surface area contributed by atoms with Gasteiger partial charge in [-0.15, -0.1) is 0 Å². The summed E-state index contributed by atoms with van der Waals surface area (Å²) in [6, 6.07) is 1.26. The Bertz CT molecular complexity index is 676. The first kappa shape index (κ1) is 16.4. The lowest BCUT2D eigenvalue weighted by atomic mass is 9.75. The normalized spacial score (nSPS) is 17.8. The molecule has 1 atom stereocenters. The molecule has 0 aromatic carbocycles. The largest absolute Gasteiger partial charge is 0.338 e. The minimum absolute atomic E-state index is 0.00499. The summed E-state index contributed by atoms with van der Waals surface area (Å²) in [5.41, 5.74) is 6.00. The number of H-pyrrole nitrogens is 1. The van der Waals surface area contributed by atoms with Crippen molar-refractivity contribution >= 4 is 11.7 Å². The summed E-state index contributed by atoms with van der Waals surface area (Å²) in [5, 5.41) is 0. The Balaban J connectivity index is 2.45. The number of fused-ring (bicyclic) bond motifs is 1. The van der Waals surface area contributed by atoms with Gasteiger partial charge in [-0.1, -0.05) is 13.8 Å². The molecule has 0 bridgehead atoms. The van der Waals surface area contributed by atoms with Crippen LogP contribution in [0.3, 0.4) is 0 Å². The maximum absolute atomic E-state index is 12.4. The molecule has 0 aliphatic heterocycles. The zero-order valence-electron chi connectivity index (χ0n) is 13.5. The highest BCUT2D eigenvalue weighted by atomic mass is 16.2. The number of hydrogen-bond donors (Lipinski definition) is 2. The van der Waals surface area contributed by atoms with E-state index in [1.807, 2.05) is 13.8 Å². The smallest absolute Gasteiger partial charge is 0.261 e. The van der Waals surface area contributed by atoms with Gasteiger partial charge in [0.25, 0.3) is 11.5 Å². The molecule has 1 unspecified atom stereocenters. The van der Waals surface area contributed by atoms with Crippen LogP contribution in [0.25, 0.3) is 0 Å². The van der Waals surface area contributed by atoms with Gasteiger partial charge in [0.2, 0.25) is 0 Å². The third-order valence-electron chi connectivity index (χ3n) is 4.27. The van der Waals surface area contributed by atoms with Crippen molar-refractivity contribution in [3.05, 3.63) is 33.2 Å². The maximum atomic E-state index is 12.4. The molecule has 1 aliphatic carbocycles. The minimum Gasteiger partial charge on any atom is -0.338 e. The molecule has 1 aliphatic rings. The van der Waals surface area contributed by atoms with Crippen molar-refractivity contribution in [2.75, 3.05) is 13.6 Å². The summed E-state index contributed by atoms with van der Waals surface area (Å²) in [7, 11) is 1.60. The van der Waals surface area contributed by atoms with Crippen LogP contribution in [0.5, 0.6) is 0 Å². The molecule has 1 aromatic rings. The highest BCUT2D eigenvalue weighted by Gasteiger charge is 2.33. The van der Waals surface area contributed by atoms with Gasteiger partial charge >= 0.3 is 0 Å². The van der Waals surface area contributed by atoms with Crippen LogP contribution in [0.1, 0.15) is 53.6 Å². The lowest BCUT2D eigenvalue weighted by Gasteiger charge is -2.30. The minimum atomic E-state index is -0.453. The van der Waals surface area contributed by atoms with Crippen molar-refractivity contribution in [3.63, 3.8) is 0 Å². The molecule has 3 N–H and O–H groups in total. The van der Waals surface area contributed by atoms with Crippen LogP contribution in [0.4, 0.5) is 0 Å². The van der Waals surface area contributed by atoms with Gasteiger partial charge in [0, 0.05) is 37.3 Å². The van der Waals surface area contributed by atoms with E-state index in [-0.39, 0.29) is 22.8 Å². The number of amides is 1. The number of nitrogens with two attached hydrogens (primary N) is 1. The number of pyridine rings is 1. The van der Waals surface area contributed by atoms with Crippen LogP contribution in [0, 0.1) is 5.41 Å². The number of ketones is 1. The van der Waals surface area contributed by atoms with Crippen molar-refractivity contribution in [3.8, 4) is 0 Å². The summed E-state index contributed by atoms with van der Waals surface area (Å²) < 4.78 is 0. The number of nitrogens with one attached hydrogen (secondary N) is 1. The average molecular weight is 305 g/mol. The first-order valence-electron chi connectivity index (χ1n) is 7.43. The SMILES string of the molecule is CC(CN)N(C)C(=O)c1cc2c([nH]c1=O)CC(C)(C)CC2=O. The van der Waals surface area contributed by atoms with Crippen LogP contribution in [0.15, 0.2) is 10.9 Å². The maximum Gasteiger partial charge on any atom is 0.261 e. The molecule has 6 heteroatoms. The highest BCUT2D eigenvalue weighted by Crippen LogP contribution is 2.33. The van der Waals surface area contributed by atoms with E-state index in [0.717, 1.165) is 0 Å². The van der Waals surface area contributed by atoms with Crippen LogP contribution in [-0.4, -0.2) is 41.2 Å². The van der Waals surface area contributed by atoms with Gasteiger partial charge in [0.15, 0.2) is 5.78 Å². The number of carbonyl (C=O) groups excluding carboxylic acids is 2. The van der Waals surface area contributed by atoms with Gasteiger partial charge in [-0.2, -0.15) is 0 Å². The Kier molecular flexibility index (Phi) is 4.24. The summed E-state index contributed by atoms with van der Waals surface area (Å²) >= 11 is 0. The van der Waals surface area contributed by atoms with Crippen LogP contribution in [-0.2, 0) is 6.42 Å². The second-order valence-corrected chi connectivity index (χ2v) is 6.85. The molecule has 1 amide bonds. The number of aromatic amines is 1. The second-order valence-electron chi connectivity index (χ2n) is 6.85. The monoisotopic (exact) mass is 305 g/mol. The molecule has 0 radical (unpaired) electrons. The number of Topliss-reactive ketones (excluding diaryl/α,β-unsaturated/α-hetero) is 1. The van der Waals surface area contributed by atoms with Gasteiger partial charge in [-0.05, 0) is 24.8 Å². The first-order valence-corrected chi connectivity index (χ1v) is 7.43. The average Bonchev–Trinajstić information content (AvgIpc) is 2.43. The molecule has 0 saturated carbocycles. The second kappa shape index (κ2) is 5.68. The Labute approximate surface area is 129 Å². The van der Waals surface area contributed by atoms with E-state index in [4.69, 9.17) is 5.73 Å². The van der Waals surface area contributed by atoms with E-state index in [1.165, 1.54) is 11.0 Å². The number of hydrogen-bond acceptors (Lipinski definition) is 4. The molecule has 0 saturated heterocycles. The van der Waals surface area contributed by atoms with Crippen LogP contribution < -0.4 is 11.3 Å². The predicted octanol–water partition coefficient (Wildman–Crippen LogP) is 0.949. The van der Waals surface area contributed by atoms with Crippen molar-refractivity contribution in [2.45, 2.75) is 39.7 Å². The number of rotatable bonds is 3. The fourth-order valence-electron chi connectivity index (χ4n) is 2.73. The summed E-state index contributed by atoms with van der Waals surface area (Å²) in [5.74, 6) is -0.453. The quantitative estimate of drug-likeness (QED) is 0.869. The van der Waals surface area contributed by atoms with Crippen LogP contribution >= 0.6 is 0 Å². The fraction of sp³-hybridized carbons (Fsp3) is 0.562. The lowest BCUT2D eigenvalue weighted by Crippen LogP contribution is -2.42. The molecule has 6 nitrogen and oxygen atoms in total. The number of carbonyl (C=O) groups is 2. The Morgan fingerprint density at radius 3 is 2.64 bits per heavy atom. The molecule has 0 fully saturated rings. The number of nitrogens with zero attached hydrogens (tertiary/aromatic N) is 1. The molecular formula is C16H23N3O3. The topological polar surface area (TPSA) is 96.3 Å². The summed E-state index contributed by atoms with van der Waals surface area (Å²) in [4.78, 5) is 41.1. The summed E-state index contributed by atoms with van der Waals surface area (Å²) in [6.45, 7) is 6.08. The molecule has 0 spiro atoms. The predicted molar refractivity (Wildman–Crippen MR) is 84.1 cm³/mol. The van der Waals surface area contributed by atoms with Crippen molar-refractivity contribution < 1.29 is 9.59 Å². The van der Waals surface area contributed by atoms with E-state index < -0.39 is 11.5 Å². The third-order valence-corrected chi connectivity index (χ3v) is 4.27. The molecule has 22 heavy (non-hydrogen) atoms. The molecule has 2 rings (SSSR count). The van der Waals surface area contributed by atoms with Gasteiger partial charge < -0.3 is 15.6 Å². The van der Waals surface area contributed by atoms with Gasteiger partial charge in [-0.25, -0.2) is 0 Å². The van der Waals surface area contributed by atoms with Crippen molar-refractivity contribution in [1.82, 2.24) is 9.88 Å². The first-order chi connectivity index (χ1) is 10.2. The van der Waals surface area contributed by atoms with E-state index in [2.05, 4.69) is 4.98 Å². The van der Waals surface area contributed by atoms with Crippen LogP contribution in [0.2, 0.25) is 0 Å². The van der Waals surface area contributed by atoms with Gasteiger partial charge in [-0.3, -0.25) is 14.4 Å². The van der Waals surface area contributed by atoms with E-state index in [0.29, 0.717) is 30.6 Å². The number of aromatic nitrogens is 1. The fourth-order valence-corrected chi connectivity index (χ4v) is 2.73. The standard InChI is InChI=1S/C16H23N3O3/c1-9(8-17)19(4)15(22)11-5-10-12(18-14(11)21)6-16(2,3)7-13(10)20/h5,9H,6-8,17H2,1-4H3,(H,18,21). The highest BCUT2D eigenvalue weighted by molar-refractivity contribution is 6.02. The van der Waals surface area contributed by atoms with Crippen molar-refractivity contribution in [2.24, 2.45) is 11.1 Å². The number of likely N-dealkylation sites (N-methyl/N-ethyl adjacent to an activating group) is 1.